The van der Waals surface area contributed by atoms with Gasteiger partial charge in [0.25, 0.3) is 5.56 Å². The zero-order valence-corrected chi connectivity index (χ0v) is 16.5. The standard InChI is InChI=1S/C23H22F2N4O/c24-7-10-27-14-20(15-27)28-8-6-17-11-19(2-4-22(17)28)29-9-5-16(12-23(29)30)21-3-1-18(25)13-26-21/h1-5,9,11-13,20H,6-8,10,14-15H2. The number of hydrogen-bond donors (Lipinski definition) is 0. The van der Waals surface area contributed by atoms with Crippen LogP contribution in [0.4, 0.5) is 14.5 Å². The van der Waals surface area contributed by atoms with E-state index < -0.39 is 5.82 Å². The van der Waals surface area contributed by atoms with Crippen molar-refractivity contribution in [2.45, 2.75) is 12.5 Å². The van der Waals surface area contributed by atoms with E-state index in [1.54, 1.807) is 16.8 Å². The first-order valence-corrected chi connectivity index (χ1v) is 10.2. The minimum Gasteiger partial charge on any atom is -0.365 e. The van der Waals surface area contributed by atoms with E-state index in [9.17, 15) is 13.6 Å². The van der Waals surface area contributed by atoms with Gasteiger partial charge in [-0.1, -0.05) is 0 Å². The van der Waals surface area contributed by atoms with Crippen LogP contribution in [0.15, 0.2) is 59.7 Å². The quantitative estimate of drug-likeness (QED) is 0.651. The number of aromatic nitrogens is 2. The van der Waals surface area contributed by atoms with E-state index in [0.717, 1.165) is 37.9 Å². The van der Waals surface area contributed by atoms with E-state index in [0.29, 0.717) is 23.8 Å². The Labute approximate surface area is 173 Å². The molecule has 5 rings (SSSR count). The Morgan fingerprint density at radius 1 is 1.10 bits per heavy atom. The SMILES string of the molecule is O=c1cc(-c2ccc(F)cn2)ccn1-c1ccc2c(c1)CCN2C1CN(CCF)C1. The van der Waals surface area contributed by atoms with Crippen molar-refractivity contribution < 1.29 is 8.78 Å². The van der Waals surface area contributed by atoms with Crippen LogP contribution in [0.3, 0.4) is 0 Å². The van der Waals surface area contributed by atoms with Crippen LogP contribution < -0.4 is 10.5 Å². The lowest BCUT2D eigenvalue weighted by atomic mass is 10.1. The fraction of sp³-hybridized carbons (Fsp3) is 0.304. The molecule has 2 aromatic heterocycles. The molecule has 30 heavy (non-hydrogen) atoms. The second-order valence-corrected chi connectivity index (χ2v) is 7.84. The van der Waals surface area contributed by atoms with Gasteiger partial charge in [0.15, 0.2) is 0 Å². The molecule has 2 aliphatic rings. The molecule has 0 saturated carbocycles. The first-order chi connectivity index (χ1) is 14.6. The molecule has 1 fully saturated rings. The molecular formula is C23H22F2N4O. The Bertz CT molecular complexity index is 1120. The molecular weight excluding hydrogens is 386 g/mol. The van der Waals surface area contributed by atoms with E-state index in [4.69, 9.17) is 0 Å². The van der Waals surface area contributed by atoms with Crippen LogP contribution in [-0.2, 0) is 6.42 Å². The number of likely N-dealkylation sites (tertiary alicyclic amines) is 1. The highest BCUT2D eigenvalue weighted by Gasteiger charge is 2.34. The van der Waals surface area contributed by atoms with Gasteiger partial charge in [-0.25, -0.2) is 8.78 Å². The van der Waals surface area contributed by atoms with Crippen molar-refractivity contribution in [1.29, 1.82) is 0 Å². The third-order valence-corrected chi connectivity index (χ3v) is 5.99. The third kappa shape index (κ3) is 3.39. The van der Waals surface area contributed by atoms with Crippen molar-refractivity contribution in [2.24, 2.45) is 0 Å². The monoisotopic (exact) mass is 408 g/mol. The highest BCUT2D eigenvalue weighted by molar-refractivity contribution is 5.63. The van der Waals surface area contributed by atoms with Crippen LogP contribution in [0.1, 0.15) is 5.56 Å². The maximum absolute atomic E-state index is 13.1. The van der Waals surface area contributed by atoms with Crippen LogP contribution in [0.5, 0.6) is 0 Å². The molecule has 0 amide bonds. The van der Waals surface area contributed by atoms with Gasteiger partial charge in [-0.15, -0.1) is 0 Å². The number of alkyl halides is 1. The van der Waals surface area contributed by atoms with Crippen LogP contribution in [0, 0.1) is 5.82 Å². The van der Waals surface area contributed by atoms with Crippen molar-refractivity contribution in [2.75, 3.05) is 37.8 Å². The molecule has 2 aliphatic heterocycles. The predicted octanol–water partition coefficient (Wildman–Crippen LogP) is 3.05. The van der Waals surface area contributed by atoms with Crippen LogP contribution in [0.2, 0.25) is 0 Å². The van der Waals surface area contributed by atoms with Gasteiger partial charge in [0.1, 0.15) is 12.5 Å². The number of anilines is 1. The van der Waals surface area contributed by atoms with E-state index in [1.807, 2.05) is 12.1 Å². The average molecular weight is 408 g/mol. The molecule has 0 bridgehead atoms. The summed E-state index contributed by atoms with van der Waals surface area (Å²) in [6.07, 6.45) is 3.82. The molecule has 154 valence electrons. The predicted molar refractivity (Wildman–Crippen MR) is 112 cm³/mol. The summed E-state index contributed by atoms with van der Waals surface area (Å²) >= 11 is 0. The summed E-state index contributed by atoms with van der Waals surface area (Å²) < 4.78 is 27.2. The van der Waals surface area contributed by atoms with Gasteiger partial charge < -0.3 is 4.90 Å². The minimum atomic E-state index is -0.406. The number of fused-ring (bicyclic) bond motifs is 1. The Morgan fingerprint density at radius 2 is 1.97 bits per heavy atom. The molecule has 0 radical (unpaired) electrons. The Balaban J connectivity index is 1.37. The Morgan fingerprint density at radius 3 is 2.70 bits per heavy atom. The molecule has 1 aromatic carbocycles. The molecule has 0 spiro atoms. The van der Waals surface area contributed by atoms with E-state index >= 15 is 0 Å². The first kappa shape index (κ1) is 18.9. The van der Waals surface area contributed by atoms with Crippen molar-refractivity contribution in [3.8, 4) is 16.9 Å². The average Bonchev–Trinajstić information content (AvgIpc) is 3.13. The molecule has 0 N–H and O–H groups in total. The summed E-state index contributed by atoms with van der Waals surface area (Å²) in [5, 5.41) is 0. The Hall–Kier alpha value is -3.06. The van der Waals surface area contributed by atoms with Gasteiger partial charge in [-0.05, 0) is 48.4 Å². The molecule has 4 heterocycles. The first-order valence-electron chi connectivity index (χ1n) is 10.2. The second kappa shape index (κ2) is 7.65. The smallest absolute Gasteiger partial charge is 0.255 e. The number of nitrogens with zero attached hydrogens (tertiary/aromatic N) is 4. The maximum Gasteiger partial charge on any atom is 0.255 e. The van der Waals surface area contributed by atoms with E-state index in [1.165, 1.54) is 23.4 Å². The zero-order chi connectivity index (χ0) is 20.7. The summed E-state index contributed by atoms with van der Waals surface area (Å²) in [5.74, 6) is -0.406. The Kier molecular flexibility index (Phi) is 4.83. The molecule has 0 atom stereocenters. The van der Waals surface area contributed by atoms with Crippen molar-refractivity contribution >= 4 is 5.69 Å². The molecule has 1 saturated heterocycles. The summed E-state index contributed by atoms with van der Waals surface area (Å²) in [6.45, 7) is 2.99. The summed E-state index contributed by atoms with van der Waals surface area (Å²) in [6, 6.07) is 12.8. The normalized spacial score (nSPS) is 16.5. The summed E-state index contributed by atoms with van der Waals surface area (Å²) in [4.78, 5) is 21.3. The van der Waals surface area contributed by atoms with Gasteiger partial charge in [0, 0.05) is 55.4 Å². The van der Waals surface area contributed by atoms with Gasteiger partial charge in [0.05, 0.1) is 17.9 Å². The molecule has 5 nitrogen and oxygen atoms in total. The zero-order valence-electron chi connectivity index (χ0n) is 16.5. The summed E-state index contributed by atoms with van der Waals surface area (Å²) in [5.41, 5.74) is 4.33. The van der Waals surface area contributed by atoms with Gasteiger partial charge in [-0.2, -0.15) is 0 Å². The number of rotatable bonds is 5. The fourth-order valence-electron chi connectivity index (χ4n) is 4.38. The lowest BCUT2D eigenvalue weighted by molar-refractivity contribution is 0.135. The molecule has 0 unspecified atom stereocenters. The van der Waals surface area contributed by atoms with E-state index in [2.05, 4.69) is 26.9 Å². The second-order valence-electron chi connectivity index (χ2n) is 7.84. The van der Waals surface area contributed by atoms with Gasteiger partial charge >= 0.3 is 0 Å². The van der Waals surface area contributed by atoms with Crippen molar-refractivity contribution in [3.05, 3.63) is 76.6 Å². The van der Waals surface area contributed by atoms with Crippen molar-refractivity contribution in [1.82, 2.24) is 14.5 Å². The van der Waals surface area contributed by atoms with E-state index in [-0.39, 0.29) is 12.2 Å². The lowest BCUT2D eigenvalue weighted by Gasteiger charge is -2.44. The number of pyridine rings is 2. The molecule has 7 heteroatoms. The topological polar surface area (TPSA) is 41.4 Å². The minimum absolute atomic E-state index is 0.158. The molecule has 3 aromatic rings. The van der Waals surface area contributed by atoms with Gasteiger partial charge in [-0.3, -0.25) is 19.2 Å². The summed E-state index contributed by atoms with van der Waals surface area (Å²) in [7, 11) is 0. The molecule has 0 aliphatic carbocycles. The van der Waals surface area contributed by atoms with Crippen LogP contribution in [0.25, 0.3) is 16.9 Å². The maximum atomic E-state index is 13.1. The highest BCUT2D eigenvalue weighted by Crippen LogP contribution is 2.33. The fourth-order valence-corrected chi connectivity index (χ4v) is 4.38. The highest BCUT2D eigenvalue weighted by atomic mass is 19.1. The van der Waals surface area contributed by atoms with Crippen LogP contribution in [-0.4, -0.2) is 53.3 Å². The van der Waals surface area contributed by atoms with Crippen molar-refractivity contribution in [3.63, 3.8) is 0 Å². The number of benzene rings is 1. The number of halogens is 2. The van der Waals surface area contributed by atoms with Gasteiger partial charge in [0.2, 0.25) is 0 Å². The van der Waals surface area contributed by atoms with Crippen LogP contribution >= 0.6 is 0 Å². The largest absolute Gasteiger partial charge is 0.365 e. The third-order valence-electron chi connectivity index (χ3n) is 5.99. The lowest BCUT2D eigenvalue weighted by Crippen LogP contribution is -2.59. The number of hydrogen-bond acceptors (Lipinski definition) is 4.